The van der Waals surface area contributed by atoms with Crippen LogP contribution in [-0.4, -0.2) is 83.8 Å². The van der Waals surface area contributed by atoms with Crippen molar-refractivity contribution >= 4 is 0 Å². The molecule has 1 heterocycles. The summed E-state index contributed by atoms with van der Waals surface area (Å²) in [6.45, 7) is 12.1. The van der Waals surface area contributed by atoms with Crippen molar-refractivity contribution in [1.82, 2.24) is 0 Å². The molecule has 1 aliphatic heterocycles. The summed E-state index contributed by atoms with van der Waals surface area (Å²) >= 11 is 0. The maximum atomic E-state index is 9.94. The third kappa shape index (κ3) is 39.0. The van der Waals surface area contributed by atoms with E-state index < -0.39 is 0 Å². The molecule has 26 heavy (non-hydrogen) atoms. The first-order valence-electron chi connectivity index (χ1n) is 8.43. The van der Waals surface area contributed by atoms with Gasteiger partial charge in [0.15, 0.2) is 12.6 Å². The molecule has 2 atom stereocenters. The summed E-state index contributed by atoms with van der Waals surface area (Å²) in [7, 11) is 0. The first kappa shape index (κ1) is 33.3. The van der Waals surface area contributed by atoms with Gasteiger partial charge in [-0.25, -0.2) is 0 Å². The standard InChI is InChI=1S/C8H17O4.C6H14O3.C2H4O.2CH4/c1-3-11-8(2)12-7-6-10-5-4-9;1-3-8-6(2)9-5-4-7;1-2-3-1;;/h8H,3-7H2,1-2H3;6-7H,3-5H2,1-2H3;1-2H2;2*1H4/q-1;;;;. The molecule has 0 aliphatic carbocycles. The van der Waals surface area contributed by atoms with Crippen LogP contribution < -0.4 is 5.11 Å². The van der Waals surface area contributed by atoms with Crippen LogP contribution in [0.25, 0.3) is 0 Å². The molecule has 1 fully saturated rings. The molecule has 0 aromatic rings. The van der Waals surface area contributed by atoms with E-state index in [1.165, 1.54) is 0 Å². The van der Waals surface area contributed by atoms with Crippen LogP contribution in [0.1, 0.15) is 42.5 Å². The third-order valence-corrected chi connectivity index (χ3v) is 2.26. The van der Waals surface area contributed by atoms with Gasteiger partial charge in [0, 0.05) is 19.8 Å². The van der Waals surface area contributed by atoms with Gasteiger partial charge in [-0.15, -0.1) is 6.61 Å². The van der Waals surface area contributed by atoms with Gasteiger partial charge < -0.3 is 38.6 Å². The maximum absolute atomic E-state index is 9.94. The van der Waals surface area contributed by atoms with Gasteiger partial charge in [0.2, 0.25) is 0 Å². The molecule has 164 valence electrons. The molecule has 0 radical (unpaired) electrons. The van der Waals surface area contributed by atoms with E-state index in [9.17, 15) is 5.11 Å². The molecule has 2 unspecified atom stereocenters. The highest BCUT2D eigenvalue weighted by Crippen LogP contribution is 1.92. The Hall–Kier alpha value is -0.320. The summed E-state index contributed by atoms with van der Waals surface area (Å²) < 4.78 is 29.7. The molecule has 0 spiro atoms. The number of aliphatic hydroxyl groups is 1. The van der Waals surface area contributed by atoms with Crippen LogP contribution in [0.4, 0.5) is 0 Å². The Morgan fingerprint density at radius 3 is 1.65 bits per heavy atom. The van der Waals surface area contributed by atoms with Crippen LogP contribution in [0.15, 0.2) is 0 Å². The number of hydrogen-bond acceptors (Lipinski definition) is 8. The third-order valence-electron chi connectivity index (χ3n) is 2.26. The van der Waals surface area contributed by atoms with Gasteiger partial charge in [-0.3, -0.25) is 0 Å². The van der Waals surface area contributed by atoms with Crippen molar-refractivity contribution in [2.45, 2.75) is 55.1 Å². The Labute approximate surface area is 160 Å². The zero-order valence-corrected chi connectivity index (χ0v) is 15.5. The first-order valence-corrected chi connectivity index (χ1v) is 8.43. The van der Waals surface area contributed by atoms with Crippen molar-refractivity contribution < 1.29 is 38.6 Å². The lowest BCUT2D eigenvalue weighted by Crippen LogP contribution is -2.18. The minimum absolute atomic E-state index is 0. The van der Waals surface area contributed by atoms with Crippen molar-refractivity contribution in [1.29, 1.82) is 0 Å². The molecule has 8 heteroatoms. The molecular weight excluding hydrogens is 344 g/mol. The second kappa shape index (κ2) is 29.4. The first-order chi connectivity index (χ1) is 11.6. The largest absolute Gasteiger partial charge is 0.853 e. The number of rotatable bonds is 13. The van der Waals surface area contributed by atoms with E-state index in [1.807, 2.05) is 20.8 Å². The van der Waals surface area contributed by atoms with Crippen LogP contribution in [0.2, 0.25) is 0 Å². The van der Waals surface area contributed by atoms with Gasteiger partial charge in [0.25, 0.3) is 0 Å². The second-order valence-electron chi connectivity index (χ2n) is 4.44. The fourth-order valence-corrected chi connectivity index (χ4v) is 1.22. The Balaban J connectivity index is -0.000000153. The Morgan fingerprint density at radius 2 is 1.31 bits per heavy atom. The van der Waals surface area contributed by atoms with Crippen molar-refractivity contribution in [3.8, 4) is 0 Å². The summed E-state index contributed by atoms with van der Waals surface area (Å²) in [6, 6.07) is 0. The summed E-state index contributed by atoms with van der Waals surface area (Å²) in [4.78, 5) is 0. The number of aliphatic hydroxyl groups excluding tert-OH is 1. The zero-order valence-electron chi connectivity index (χ0n) is 15.5. The number of hydrogen-bond donors (Lipinski definition) is 1. The smallest absolute Gasteiger partial charge is 0.154 e. The normalized spacial score (nSPS) is 13.6. The molecule has 0 amide bonds. The number of ether oxygens (including phenoxy) is 6. The van der Waals surface area contributed by atoms with E-state index in [4.69, 9.17) is 28.8 Å². The second-order valence-corrected chi connectivity index (χ2v) is 4.44. The summed E-state index contributed by atoms with van der Waals surface area (Å²) in [5.41, 5.74) is 0. The summed E-state index contributed by atoms with van der Waals surface area (Å²) in [5, 5.41) is 18.2. The summed E-state index contributed by atoms with van der Waals surface area (Å²) in [5.74, 6) is 0. The highest BCUT2D eigenvalue weighted by Gasteiger charge is 1.98. The van der Waals surface area contributed by atoms with Crippen LogP contribution in [0.3, 0.4) is 0 Å². The minimum atomic E-state index is -0.193. The predicted molar refractivity (Wildman–Crippen MR) is 101 cm³/mol. The van der Waals surface area contributed by atoms with E-state index in [2.05, 4.69) is 4.74 Å². The van der Waals surface area contributed by atoms with Crippen LogP contribution in [0.5, 0.6) is 0 Å². The average Bonchev–Trinajstić information content (AvgIpc) is 3.43. The van der Waals surface area contributed by atoms with Crippen LogP contribution in [-0.2, 0) is 28.4 Å². The van der Waals surface area contributed by atoms with E-state index >= 15 is 0 Å². The fraction of sp³-hybridized carbons (Fsp3) is 1.00. The molecule has 0 aromatic heterocycles. The van der Waals surface area contributed by atoms with Gasteiger partial charge in [-0.1, -0.05) is 14.9 Å². The molecule has 8 nitrogen and oxygen atoms in total. The van der Waals surface area contributed by atoms with E-state index in [-0.39, 0.29) is 47.3 Å². The van der Waals surface area contributed by atoms with Gasteiger partial charge in [0.1, 0.15) is 0 Å². The van der Waals surface area contributed by atoms with Crippen molar-refractivity contribution in [3.05, 3.63) is 0 Å². The van der Waals surface area contributed by atoms with Gasteiger partial charge >= 0.3 is 0 Å². The topological polar surface area (TPSA) is 102 Å². The van der Waals surface area contributed by atoms with Crippen molar-refractivity contribution in [2.75, 3.05) is 66.1 Å². The molecule has 0 aromatic carbocycles. The lowest BCUT2D eigenvalue weighted by atomic mass is 10.7. The van der Waals surface area contributed by atoms with Crippen LogP contribution in [0, 0.1) is 0 Å². The lowest BCUT2D eigenvalue weighted by molar-refractivity contribution is -0.374. The Morgan fingerprint density at radius 1 is 0.846 bits per heavy atom. The Kier molecular flexibility index (Phi) is 37.7. The zero-order chi connectivity index (χ0) is 18.5. The van der Waals surface area contributed by atoms with E-state index in [0.29, 0.717) is 33.0 Å². The molecule has 0 bridgehead atoms. The quantitative estimate of drug-likeness (QED) is 0.288. The highest BCUT2D eigenvalue weighted by atomic mass is 16.7. The van der Waals surface area contributed by atoms with Gasteiger partial charge in [0.05, 0.1) is 39.6 Å². The SMILES string of the molecule is C.C.C1CO1.CCOC(C)OCCO.CCOC(C)OCCOCC[O-]. The Bertz CT molecular complexity index is 215. The van der Waals surface area contributed by atoms with E-state index in [1.54, 1.807) is 6.92 Å². The number of epoxide rings is 1. The molecule has 1 N–H and O–H groups in total. The summed E-state index contributed by atoms with van der Waals surface area (Å²) in [6.07, 6.45) is -0.381. The lowest BCUT2D eigenvalue weighted by Gasteiger charge is -2.12. The highest BCUT2D eigenvalue weighted by molar-refractivity contribution is 4.36. The molecule has 1 aliphatic rings. The van der Waals surface area contributed by atoms with Gasteiger partial charge in [-0.05, 0) is 27.7 Å². The average molecular weight is 388 g/mol. The van der Waals surface area contributed by atoms with E-state index in [0.717, 1.165) is 13.2 Å². The predicted octanol–water partition coefficient (Wildman–Crippen LogP) is 1.43. The van der Waals surface area contributed by atoms with Crippen LogP contribution >= 0.6 is 0 Å². The minimum Gasteiger partial charge on any atom is -0.853 e. The monoisotopic (exact) mass is 387 g/mol. The fourth-order valence-electron chi connectivity index (χ4n) is 1.22. The van der Waals surface area contributed by atoms with Gasteiger partial charge in [-0.2, -0.15) is 0 Å². The molecule has 1 saturated heterocycles. The molecular formula is C18H43O8-. The van der Waals surface area contributed by atoms with Crippen molar-refractivity contribution in [2.24, 2.45) is 0 Å². The maximum Gasteiger partial charge on any atom is 0.154 e. The molecule has 1 rings (SSSR count). The molecule has 0 saturated carbocycles. The van der Waals surface area contributed by atoms with Crippen molar-refractivity contribution in [3.63, 3.8) is 0 Å².